The molecule has 1 N–H and O–H groups in total. The Labute approximate surface area is 189 Å². The van der Waals surface area contributed by atoms with Crippen LogP contribution in [-0.2, 0) is 29.6 Å². The standard InChI is InChI=1S/C21H27N3O6S2/c1-16-4-5-17(2)20(14-16)24(31(3,26)27)15-21(25)22-18-6-8-19(9-7-18)32(28,29)23-10-12-30-13-11-23/h4-9,14H,10-13,15H2,1-3H3,(H,22,25). The van der Waals surface area contributed by atoms with Crippen LogP contribution in [-0.4, -0.2) is 66.2 Å². The van der Waals surface area contributed by atoms with Gasteiger partial charge in [0, 0.05) is 18.8 Å². The third kappa shape index (κ3) is 5.66. The van der Waals surface area contributed by atoms with Crippen molar-refractivity contribution < 1.29 is 26.4 Å². The average molecular weight is 482 g/mol. The maximum Gasteiger partial charge on any atom is 0.245 e. The van der Waals surface area contributed by atoms with Gasteiger partial charge in [-0.15, -0.1) is 0 Å². The van der Waals surface area contributed by atoms with Crippen LogP contribution in [0.5, 0.6) is 0 Å². The number of nitrogens with one attached hydrogen (secondary N) is 1. The van der Waals surface area contributed by atoms with Gasteiger partial charge in [-0.25, -0.2) is 16.8 Å². The highest BCUT2D eigenvalue weighted by Gasteiger charge is 2.26. The molecule has 2 aromatic rings. The molecule has 1 saturated heterocycles. The second-order valence-corrected chi connectivity index (χ2v) is 11.5. The molecule has 0 aliphatic carbocycles. The zero-order valence-electron chi connectivity index (χ0n) is 18.2. The summed E-state index contributed by atoms with van der Waals surface area (Å²) < 4.78 is 57.7. The Bertz CT molecular complexity index is 1190. The van der Waals surface area contributed by atoms with Gasteiger partial charge in [0.15, 0.2) is 0 Å². The molecule has 0 unspecified atom stereocenters. The van der Waals surface area contributed by atoms with E-state index < -0.39 is 32.5 Å². The topological polar surface area (TPSA) is 113 Å². The lowest BCUT2D eigenvalue weighted by atomic mass is 10.1. The Hall–Kier alpha value is -2.47. The molecule has 1 aliphatic heterocycles. The maximum atomic E-state index is 12.7. The Balaban J connectivity index is 1.74. The number of benzene rings is 2. The molecular formula is C21H27N3O6S2. The third-order valence-electron chi connectivity index (χ3n) is 5.07. The molecule has 0 bridgehead atoms. The van der Waals surface area contributed by atoms with E-state index >= 15 is 0 Å². The SMILES string of the molecule is Cc1ccc(C)c(N(CC(=O)Nc2ccc(S(=O)(=O)N3CCOCC3)cc2)S(C)(=O)=O)c1. The second kappa shape index (κ2) is 9.57. The number of rotatable bonds is 7. The molecule has 1 aliphatic rings. The lowest BCUT2D eigenvalue weighted by Crippen LogP contribution is -2.40. The molecule has 1 fully saturated rings. The number of hydrogen-bond acceptors (Lipinski definition) is 6. The van der Waals surface area contributed by atoms with Crippen molar-refractivity contribution in [2.75, 3.05) is 48.7 Å². The first-order chi connectivity index (χ1) is 15.0. The number of ether oxygens (including phenoxy) is 1. The molecule has 0 radical (unpaired) electrons. The minimum Gasteiger partial charge on any atom is -0.379 e. The van der Waals surface area contributed by atoms with Crippen LogP contribution >= 0.6 is 0 Å². The summed E-state index contributed by atoms with van der Waals surface area (Å²) in [5.74, 6) is -0.542. The van der Waals surface area contributed by atoms with Gasteiger partial charge in [-0.05, 0) is 55.3 Å². The molecule has 32 heavy (non-hydrogen) atoms. The Morgan fingerprint density at radius 3 is 2.25 bits per heavy atom. The fourth-order valence-corrected chi connectivity index (χ4v) is 5.66. The first-order valence-corrected chi connectivity index (χ1v) is 13.3. The normalized spacial score (nSPS) is 15.3. The van der Waals surface area contributed by atoms with E-state index in [9.17, 15) is 21.6 Å². The van der Waals surface area contributed by atoms with Gasteiger partial charge in [-0.1, -0.05) is 12.1 Å². The number of sulfonamides is 2. The molecule has 9 nitrogen and oxygen atoms in total. The fourth-order valence-electron chi connectivity index (χ4n) is 3.35. The van der Waals surface area contributed by atoms with Crippen molar-refractivity contribution in [3.63, 3.8) is 0 Å². The van der Waals surface area contributed by atoms with Crippen molar-refractivity contribution in [2.24, 2.45) is 0 Å². The summed E-state index contributed by atoms with van der Waals surface area (Å²) in [7, 11) is -7.34. The molecule has 11 heteroatoms. The van der Waals surface area contributed by atoms with Gasteiger partial charge in [0.05, 0.1) is 30.1 Å². The number of nitrogens with zero attached hydrogens (tertiary/aromatic N) is 2. The largest absolute Gasteiger partial charge is 0.379 e. The van der Waals surface area contributed by atoms with Crippen LogP contribution < -0.4 is 9.62 Å². The van der Waals surface area contributed by atoms with Crippen LogP contribution in [0.3, 0.4) is 0 Å². The summed E-state index contributed by atoms with van der Waals surface area (Å²) in [5, 5.41) is 2.63. The van der Waals surface area contributed by atoms with Crippen molar-refractivity contribution in [1.82, 2.24) is 4.31 Å². The predicted molar refractivity (Wildman–Crippen MR) is 123 cm³/mol. The summed E-state index contributed by atoms with van der Waals surface area (Å²) in [6, 6.07) is 11.2. The fraction of sp³-hybridized carbons (Fsp3) is 0.381. The number of amides is 1. The monoisotopic (exact) mass is 481 g/mol. The Morgan fingerprint density at radius 2 is 1.66 bits per heavy atom. The first-order valence-electron chi connectivity index (χ1n) is 10.0. The number of aryl methyl sites for hydroxylation is 2. The predicted octanol–water partition coefficient (Wildman–Crippen LogP) is 1.73. The molecular weight excluding hydrogens is 454 g/mol. The molecule has 0 spiro atoms. The molecule has 3 rings (SSSR count). The second-order valence-electron chi connectivity index (χ2n) is 7.65. The quantitative estimate of drug-likeness (QED) is 0.644. The molecule has 0 atom stereocenters. The average Bonchev–Trinajstić information content (AvgIpc) is 2.74. The van der Waals surface area contributed by atoms with Gasteiger partial charge < -0.3 is 10.1 Å². The third-order valence-corrected chi connectivity index (χ3v) is 8.11. The zero-order valence-corrected chi connectivity index (χ0v) is 19.9. The van der Waals surface area contributed by atoms with E-state index in [1.807, 2.05) is 13.0 Å². The van der Waals surface area contributed by atoms with Gasteiger partial charge >= 0.3 is 0 Å². The van der Waals surface area contributed by atoms with E-state index in [-0.39, 0.29) is 4.90 Å². The number of hydrogen-bond donors (Lipinski definition) is 1. The van der Waals surface area contributed by atoms with Crippen molar-refractivity contribution in [1.29, 1.82) is 0 Å². The number of carbonyl (C=O) groups is 1. The lowest BCUT2D eigenvalue weighted by Gasteiger charge is -2.26. The lowest BCUT2D eigenvalue weighted by molar-refractivity contribution is -0.114. The zero-order chi connectivity index (χ0) is 23.5. The summed E-state index contributed by atoms with van der Waals surface area (Å²) >= 11 is 0. The van der Waals surface area contributed by atoms with Crippen LogP contribution in [0.2, 0.25) is 0 Å². The van der Waals surface area contributed by atoms with E-state index in [0.29, 0.717) is 37.7 Å². The highest BCUT2D eigenvalue weighted by molar-refractivity contribution is 7.92. The van der Waals surface area contributed by atoms with Gasteiger partial charge in [0.2, 0.25) is 26.0 Å². The number of carbonyl (C=O) groups excluding carboxylic acids is 1. The first kappa shape index (κ1) is 24.2. The highest BCUT2D eigenvalue weighted by atomic mass is 32.2. The Morgan fingerprint density at radius 1 is 1.03 bits per heavy atom. The van der Waals surface area contributed by atoms with E-state index in [0.717, 1.165) is 21.7 Å². The van der Waals surface area contributed by atoms with E-state index in [4.69, 9.17) is 4.74 Å². The van der Waals surface area contributed by atoms with Crippen LogP contribution in [0.15, 0.2) is 47.4 Å². The summed E-state index contributed by atoms with van der Waals surface area (Å²) in [4.78, 5) is 12.7. The van der Waals surface area contributed by atoms with Gasteiger partial charge in [-0.2, -0.15) is 4.31 Å². The highest BCUT2D eigenvalue weighted by Crippen LogP contribution is 2.24. The van der Waals surface area contributed by atoms with E-state index in [1.54, 1.807) is 19.1 Å². The minimum absolute atomic E-state index is 0.116. The van der Waals surface area contributed by atoms with Gasteiger partial charge in [0.1, 0.15) is 6.54 Å². The number of anilines is 2. The maximum absolute atomic E-state index is 12.7. The molecule has 174 valence electrons. The molecule has 0 saturated carbocycles. The van der Waals surface area contributed by atoms with E-state index in [2.05, 4.69) is 5.32 Å². The molecule has 1 heterocycles. The molecule has 0 aromatic heterocycles. The molecule has 1 amide bonds. The van der Waals surface area contributed by atoms with Crippen LogP contribution in [0.4, 0.5) is 11.4 Å². The van der Waals surface area contributed by atoms with Gasteiger partial charge in [0.25, 0.3) is 0 Å². The van der Waals surface area contributed by atoms with Crippen LogP contribution in [0, 0.1) is 13.8 Å². The minimum atomic E-state index is -3.71. The number of morpholine rings is 1. The molecule has 2 aromatic carbocycles. The van der Waals surface area contributed by atoms with Crippen molar-refractivity contribution in [2.45, 2.75) is 18.7 Å². The summed E-state index contributed by atoms with van der Waals surface area (Å²) in [5.41, 5.74) is 2.41. The van der Waals surface area contributed by atoms with Crippen LogP contribution in [0.25, 0.3) is 0 Å². The smallest absolute Gasteiger partial charge is 0.245 e. The van der Waals surface area contributed by atoms with Crippen molar-refractivity contribution in [3.8, 4) is 0 Å². The Kier molecular flexibility index (Phi) is 7.23. The van der Waals surface area contributed by atoms with Gasteiger partial charge in [-0.3, -0.25) is 9.10 Å². The van der Waals surface area contributed by atoms with E-state index in [1.165, 1.54) is 28.6 Å². The summed E-state index contributed by atoms with van der Waals surface area (Å²) in [6.45, 7) is 4.50. The van der Waals surface area contributed by atoms with Crippen molar-refractivity contribution in [3.05, 3.63) is 53.6 Å². The van der Waals surface area contributed by atoms with Crippen LogP contribution in [0.1, 0.15) is 11.1 Å². The van der Waals surface area contributed by atoms with Crippen molar-refractivity contribution >= 4 is 37.3 Å². The summed E-state index contributed by atoms with van der Waals surface area (Å²) in [6.07, 6.45) is 1.05.